The van der Waals surface area contributed by atoms with Crippen LogP contribution in [0.2, 0.25) is 0 Å². The molecule has 1 aromatic carbocycles. The van der Waals surface area contributed by atoms with Gasteiger partial charge in [-0.05, 0) is 40.2 Å². The van der Waals surface area contributed by atoms with E-state index in [4.69, 9.17) is 4.74 Å². The molecule has 1 heterocycles. The Hall–Kier alpha value is -1.36. The first-order valence-electron chi connectivity index (χ1n) is 5.21. The van der Waals surface area contributed by atoms with Crippen LogP contribution in [0.3, 0.4) is 0 Å². The summed E-state index contributed by atoms with van der Waals surface area (Å²) in [6.45, 7) is 0.539. The molecule has 0 saturated carbocycles. The fraction of sp³-hybridized carbons (Fsp3) is 0.250. The molecule has 0 atom stereocenters. The number of hydrogen-bond acceptors (Lipinski definition) is 2. The summed E-state index contributed by atoms with van der Waals surface area (Å²) in [5.41, 5.74) is 1.10. The van der Waals surface area contributed by atoms with Gasteiger partial charge in [-0.2, -0.15) is 5.10 Å². The largest absolute Gasteiger partial charge is 0.493 e. The Morgan fingerprint density at radius 2 is 2.24 bits per heavy atom. The Balaban J connectivity index is 1.90. The number of rotatable bonds is 4. The summed E-state index contributed by atoms with van der Waals surface area (Å²) in [7, 11) is 1.89. The zero-order valence-electron chi connectivity index (χ0n) is 9.36. The zero-order valence-corrected chi connectivity index (χ0v) is 10.9. The topological polar surface area (TPSA) is 27.1 Å². The first-order chi connectivity index (χ1) is 8.16. The van der Waals surface area contributed by atoms with Gasteiger partial charge in [0.05, 0.1) is 11.1 Å². The number of ether oxygens (including phenoxy) is 1. The van der Waals surface area contributed by atoms with Crippen LogP contribution in [0.15, 0.2) is 34.9 Å². The second-order valence-electron chi connectivity index (χ2n) is 3.62. The minimum absolute atomic E-state index is 0.288. The second-order valence-corrected chi connectivity index (χ2v) is 4.47. The predicted octanol–water partition coefficient (Wildman–Crippen LogP) is 2.94. The molecule has 0 aliphatic rings. The summed E-state index contributed by atoms with van der Waals surface area (Å²) in [5, 5.41) is 4.07. The van der Waals surface area contributed by atoms with Gasteiger partial charge >= 0.3 is 0 Å². The van der Waals surface area contributed by atoms with Crippen molar-refractivity contribution in [3.8, 4) is 5.75 Å². The fourth-order valence-electron chi connectivity index (χ4n) is 1.49. The molecule has 2 rings (SSSR count). The van der Waals surface area contributed by atoms with Gasteiger partial charge in [-0.1, -0.05) is 0 Å². The highest BCUT2D eigenvalue weighted by molar-refractivity contribution is 9.10. The number of aryl methyl sites for hydroxylation is 1. The zero-order chi connectivity index (χ0) is 12.3. The van der Waals surface area contributed by atoms with Crippen LogP contribution < -0.4 is 4.74 Å². The van der Waals surface area contributed by atoms with Crippen LogP contribution in [0, 0.1) is 5.82 Å². The van der Waals surface area contributed by atoms with E-state index in [-0.39, 0.29) is 5.82 Å². The van der Waals surface area contributed by atoms with Crippen LogP contribution in [0.4, 0.5) is 4.39 Å². The molecule has 0 radical (unpaired) electrons. The lowest BCUT2D eigenvalue weighted by Gasteiger charge is -2.07. The number of nitrogens with zero attached hydrogens (tertiary/aromatic N) is 2. The van der Waals surface area contributed by atoms with Gasteiger partial charge in [-0.3, -0.25) is 4.68 Å². The molecule has 2 aromatic rings. The van der Waals surface area contributed by atoms with E-state index >= 15 is 0 Å². The SMILES string of the molecule is Cn1nccc1CCOc1ccc(F)c(Br)c1. The van der Waals surface area contributed by atoms with E-state index in [2.05, 4.69) is 21.0 Å². The smallest absolute Gasteiger partial charge is 0.137 e. The van der Waals surface area contributed by atoms with Crippen LogP contribution in [-0.4, -0.2) is 16.4 Å². The van der Waals surface area contributed by atoms with Crippen molar-refractivity contribution in [2.75, 3.05) is 6.61 Å². The Morgan fingerprint density at radius 1 is 1.41 bits per heavy atom. The van der Waals surface area contributed by atoms with Crippen molar-refractivity contribution in [1.82, 2.24) is 9.78 Å². The molecule has 0 saturated heterocycles. The Kier molecular flexibility index (Phi) is 3.78. The van der Waals surface area contributed by atoms with Crippen molar-refractivity contribution in [2.45, 2.75) is 6.42 Å². The van der Waals surface area contributed by atoms with Gasteiger partial charge in [0, 0.05) is 25.4 Å². The van der Waals surface area contributed by atoms with E-state index in [1.54, 1.807) is 18.3 Å². The standard InChI is InChI=1S/C12H12BrFN2O/c1-16-9(4-6-15-16)5-7-17-10-2-3-12(14)11(13)8-10/h2-4,6,8H,5,7H2,1H3. The summed E-state index contributed by atoms with van der Waals surface area (Å²) in [4.78, 5) is 0. The van der Waals surface area contributed by atoms with Crippen molar-refractivity contribution in [1.29, 1.82) is 0 Å². The van der Waals surface area contributed by atoms with Crippen molar-refractivity contribution >= 4 is 15.9 Å². The van der Waals surface area contributed by atoms with Crippen LogP contribution in [0.1, 0.15) is 5.69 Å². The molecule has 0 aliphatic heterocycles. The summed E-state index contributed by atoms with van der Waals surface area (Å²) >= 11 is 3.12. The predicted molar refractivity (Wildman–Crippen MR) is 66.5 cm³/mol. The maximum Gasteiger partial charge on any atom is 0.137 e. The van der Waals surface area contributed by atoms with Crippen molar-refractivity contribution in [3.63, 3.8) is 0 Å². The molecule has 17 heavy (non-hydrogen) atoms. The Bertz CT molecular complexity index is 513. The van der Waals surface area contributed by atoms with Crippen LogP contribution in [0.5, 0.6) is 5.75 Å². The minimum Gasteiger partial charge on any atom is -0.493 e. The number of benzene rings is 1. The third-order valence-corrected chi connectivity index (χ3v) is 3.05. The Morgan fingerprint density at radius 3 is 2.88 bits per heavy atom. The highest BCUT2D eigenvalue weighted by Crippen LogP contribution is 2.21. The van der Waals surface area contributed by atoms with E-state index in [0.29, 0.717) is 16.8 Å². The first kappa shape index (κ1) is 12.1. The minimum atomic E-state index is -0.288. The van der Waals surface area contributed by atoms with Gasteiger partial charge in [0.25, 0.3) is 0 Å². The van der Waals surface area contributed by atoms with E-state index in [1.807, 2.05) is 17.8 Å². The van der Waals surface area contributed by atoms with Gasteiger partial charge < -0.3 is 4.74 Å². The van der Waals surface area contributed by atoms with Crippen molar-refractivity contribution < 1.29 is 9.13 Å². The molecule has 5 heteroatoms. The first-order valence-corrected chi connectivity index (χ1v) is 6.01. The van der Waals surface area contributed by atoms with E-state index in [9.17, 15) is 4.39 Å². The molecule has 1 aromatic heterocycles. The van der Waals surface area contributed by atoms with Crippen molar-refractivity contribution in [2.24, 2.45) is 7.05 Å². The molecule has 0 fully saturated rings. The molecule has 0 bridgehead atoms. The van der Waals surface area contributed by atoms with E-state index in [0.717, 1.165) is 12.1 Å². The lowest BCUT2D eigenvalue weighted by atomic mass is 10.3. The summed E-state index contributed by atoms with van der Waals surface area (Å²) in [6.07, 6.45) is 2.52. The van der Waals surface area contributed by atoms with Crippen LogP contribution >= 0.6 is 15.9 Å². The fourth-order valence-corrected chi connectivity index (χ4v) is 1.84. The molecule has 90 valence electrons. The summed E-state index contributed by atoms with van der Waals surface area (Å²) in [6, 6.07) is 6.56. The maximum absolute atomic E-state index is 13.0. The van der Waals surface area contributed by atoms with E-state index < -0.39 is 0 Å². The van der Waals surface area contributed by atoms with Gasteiger partial charge in [0.2, 0.25) is 0 Å². The third kappa shape index (κ3) is 3.06. The second kappa shape index (κ2) is 5.31. The van der Waals surface area contributed by atoms with Crippen LogP contribution in [-0.2, 0) is 13.5 Å². The quantitative estimate of drug-likeness (QED) is 0.868. The van der Waals surface area contributed by atoms with Crippen LogP contribution in [0.25, 0.3) is 0 Å². The average molecular weight is 299 g/mol. The van der Waals surface area contributed by atoms with Gasteiger partial charge in [-0.15, -0.1) is 0 Å². The molecule has 0 aliphatic carbocycles. The van der Waals surface area contributed by atoms with Gasteiger partial charge in [0.1, 0.15) is 11.6 Å². The van der Waals surface area contributed by atoms with Gasteiger partial charge in [0.15, 0.2) is 0 Å². The van der Waals surface area contributed by atoms with Crippen molar-refractivity contribution in [3.05, 3.63) is 46.4 Å². The molecule has 0 spiro atoms. The van der Waals surface area contributed by atoms with E-state index in [1.165, 1.54) is 6.07 Å². The number of hydrogen-bond donors (Lipinski definition) is 0. The number of aromatic nitrogens is 2. The maximum atomic E-state index is 13.0. The highest BCUT2D eigenvalue weighted by atomic mass is 79.9. The normalized spacial score (nSPS) is 10.5. The Labute approximate surface area is 107 Å². The molecular weight excluding hydrogens is 287 g/mol. The lowest BCUT2D eigenvalue weighted by Crippen LogP contribution is -2.06. The number of halogens is 2. The summed E-state index contributed by atoms with van der Waals surface area (Å²) < 4.78 is 20.7. The summed E-state index contributed by atoms with van der Waals surface area (Å²) in [5.74, 6) is 0.365. The average Bonchev–Trinajstić information content (AvgIpc) is 2.70. The highest BCUT2D eigenvalue weighted by Gasteiger charge is 2.02. The third-order valence-electron chi connectivity index (χ3n) is 2.44. The monoisotopic (exact) mass is 298 g/mol. The van der Waals surface area contributed by atoms with Gasteiger partial charge in [-0.25, -0.2) is 4.39 Å². The molecule has 0 N–H and O–H groups in total. The molecular formula is C12H12BrFN2O. The molecule has 0 amide bonds. The lowest BCUT2D eigenvalue weighted by molar-refractivity contribution is 0.317. The molecule has 3 nitrogen and oxygen atoms in total. The molecule has 0 unspecified atom stereocenters.